The van der Waals surface area contributed by atoms with Gasteiger partial charge in [-0.05, 0) is 46.8 Å². The Hall–Kier alpha value is -0.630. The van der Waals surface area contributed by atoms with E-state index in [1.165, 1.54) is 46.8 Å². The summed E-state index contributed by atoms with van der Waals surface area (Å²) in [7, 11) is 4.50. The van der Waals surface area contributed by atoms with E-state index < -0.39 is 0 Å². The second-order valence-electron chi connectivity index (χ2n) is 2.96. The van der Waals surface area contributed by atoms with E-state index in [4.69, 9.17) is 5.26 Å². The summed E-state index contributed by atoms with van der Waals surface area (Å²) in [6.07, 6.45) is 5.26. The summed E-state index contributed by atoms with van der Waals surface area (Å²) in [5.41, 5.74) is 13.5. The Kier molecular flexibility index (Phi) is 25.2. The lowest BCUT2D eigenvalue weighted by Gasteiger charge is -2.08. The molecule has 92 valence electrons. The van der Waals surface area contributed by atoms with Crippen molar-refractivity contribution in [2.45, 2.75) is 32.6 Å². The number of nitriles is 1. The minimum Gasteiger partial charge on any atom is -0.333 e. The van der Waals surface area contributed by atoms with Crippen molar-refractivity contribution < 1.29 is 0 Å². The molecule has 0 aliphatic heterocycles. The molecule has 0 spiro atoms. The molecular weight excluding hydrogens is 188 g/mol. The summed E-state index contributed by atoms with van der Waals surface area (Å²) in [4.78, 5) is 0. The molecule has 0 aromatic rings. The van der Waals surface area contributed by atoms with Crippen LogP contribution in [-0.2, 0) is 0 Å². The lowest BCUT2D eigenvalue weighted by atomic mass is 9.94. The van der Waals surface area contributed by atoms with Crippen molar-refractivity contribution in [3.63, 3.8) is 0 Å². The fourth-order valence-corrected chi connectivity index (χ4v) is 1.56. The van der Waals surface area contributed by atoms with Crippen LogP contribution in [0.4, 0.5) is 0 Å². The lowest BCUT2D eigenvalue weighted by Crippen LogP contribution is -2.03. The molecule has 0 radical (unpaired) electrons. The maximum atomic E-state index is 8.55. The zero-order chi connectivity index (χ0) is 12.7. The minimum absolute atomic E-state index is 0.299. The first-order valence-corrected chi connectivity index (χ1v) is 5.47. The van der Waals surface area contributed by atoms with Crippen LogP contribution in [0, 0.1) is 23.2 Å². The fraction of sp³-hybridized carbons (Fsp3) is 0.909. The molecule has 0 amide bonds. The highest BCUT2D eigenvalue weighted by Gasteiger charge is 2.20. The maximum Gasteiger partial charge on any atom is 0.0655 e. The molecule has 1 aliphatic carbocycles. The van der Waals surface area contributed by atoms with Crippen molar-refractivity contribution in [3.8, 4) is 6.07 Å². The Morgan fingerprint density at radius 3 is 1.60 bits per heavy atom. The Morgan fingerprint density at radius 1 is 1.00 bits per heavy atom. The van der Waals surface area contributed by atoms with Gasteiger partial charge in [0.1, 0.15) is 0 Å². The molecule has 0 saturated heterocycles. The molecule has 0 aromatic carbocycles. The van der Waals surface area contributed by atoms with Crippen LogP contribution in [0.1, 0.15) is 32.6 Å². The van der Waals surface area contributed by atoms with Crippen molar-refractivity contribution >= 4 is 0 Å². The molecule has 1 aliphatic rings. The van der Waals surface area contributed by atoms with E-state index in [0.717, 1.165) is 5.92 Å². The molecule has 1 fully saturated rings. The van der Waals surface area contributed by atoms with Crippen LogP contribution in [0.5, 0.6) is 0 Å². The summed E-state index contributed by atoms with van der Waals surface area (Å²) in [5.74, 6) is 1.02. The highest BCUT2D eigenvalue weighted by molar-refractivity contribution is 4.86. The van der Waals surface area contributed by atoms with Gasteiger partial charge in [0.25, 0.3) is 0 Å². The predicted molar refractivity (Wildman–Crippen MR) is 67.1 cm³/mol. The Balaban J connectivity index is -0.000000208. The summed E-state index contributed by atoms with van der Waals surface area (Å²) in [6, 6.07) is 2.31. The van der Waals surface area contributed by atoms with Gasteiger partial charge in [-0.25, -0.2) is 0 Å². The summed E-state index contributed by atoms with van der Waals surface area (Å²) < 4.78 is 0. The normalized spacial score (nSPS) is 15.3. The molecule has 1 saturated carbocycles. The van der Waals surface area contributed by atoms with Crippen molar-refractivity contribution in [1.29, 1.82) is 5.26 Å². The summed E-state index contributed by atoms with van der Waals surface area (Å²) >= 11 is 0. The largest absolute Gasteiger partial charge is 0.333 e. The maximum absolute atomic E-state index is 8.55. The van der Waals surface area contributed by atoms with Gasteiger partial charge in [0.05, 0.1) is 6.07 Å². The Bertz CT molecular complexity index is 125. The van der Waals surface area contributed by atoms with Gasteiger partial charge in [0.15, 0.2) is 0 Å². The van der Waals surface area contributed by atoms with E-state index >= 15 is 0 Å². The number of hydrogen-bond acceptors (Lipinski definition) is 4. The molecular formula is C11H28N4. The molecule has 0 bridgehead atoms. The molecule has 15 heavy (non-hydrogen) atoms. The lowest BCUT2D eigenvalue weighted by molar-refractivity contribution is 0.443. The van der Waals surface area contributed by atoms with Crippen LogP contribution in [0.15, 0.2) is 0 Å². The van der Waals surface area contributed by atoms with Crippen LogP contribution in [-0.4, -0.2) is 21.1 Å². The molecule has 1 unspecified atom stereocenters. The average Bonchev–Trinajstić information content (AvgIpc) is 2.89. The summed E-state index contributed by atoms with van der Waals surface area (Å²) in [5, 5.41) is 8.55. The van der Waals surface area contributed by atoms with Gasteiger partial charge in [-0.3, -0.25) is 0 Å². The molecule has 1 atom stereocenters. The molecule has 6 N–H and O–H groups in total. The molecule has 4 heteroatoms. The van der Waals surface area contributed by atoms with E-state index in [1.807, 2.05) is 6.92 Å². The van der Waals surface area contributed by atoms with Gasteiger partial charge in [-0.1, -0.05) is 12.8 Å². The highest BCUT2D eigenvalue weighted by atomic mass is 14.4. The second-order valence-corrected chi connectivity index (χ2v) is 2.96. The smallest absolute Gasteiger partial charge is 0.0655 e. The van der Waals surface area contributed by atoms with Crippen LogP contribution in [0.2, 0.25) is 0 Å². The molecule has 0 heterocycles. The molecule has 0 aromatic heterocycles. The van der Waals surface area contributed by atoms with E-state index in [9.17, 15) is 0 Å². The van der Waals surface area contributed by atoms with Gasteiger partial charge >= 0.3 is 0 Å². The van der Waals surface area contributed by atoms with E-state index in [1.54, 1.807) is 0 Å². The van der Waals surface area contributed by atoms with E-state index in [-0.39, 0.29) is 0 Å². The van der Waals surface area contributed by atoms with Crippen molar-refractivity contribution in [2.75, 3.05) is 21.1 Å². The third-order valence-electron chi connectivity index (χ3n) is 2.31. The van der Waals surface area contributed by atoms with Crippen LogP contribution >= 0.6 is 0 Å². The Labute approximate surface area is 94.8 Å². The monoisotopic (exact) mass is 216 g/mol. The van der Waals surface area contributed by atoms with E-state index in [0.29, 0.717) is 5.92 Å². The topological polar surface area (TPSA) is 102 Å². The van der Waals surface area contributed by atoms with Gasteiger partial charge in [-0.2, -0.15) is 5.26 Å². The van der Waals surface area contributed by atoms with Gasteiger partial charge in [-0.15, -0.1) is 0 Å². The Morgan fingerprint density at radius 2 is 1.33 bits per heavy atom. The van der Waals surface area contributed by atoms with Crippen molar-refractivity contribution in [2.24, 2.45) is 29.0 Å². The average molecular weight is 216 g/mol. The second kappa shape index (κ2) is 19.0. The number of hydrogen-bond donors (Lipinski definition) is 3. The third-order valence-corrected chi connectivity index (χ3v) is 2.31. The van der Waals surface area contributed by atoms with Crippen LogP contribution in [0.25, 0.3) is 0 Å². The minimum atomic E-state index is 0.299. The number of nitrogens with zero attached hydrogens (tertiary/aromatic N) is 1. The highest BCUT2D eigenvalue weighted by Crippen LogP contribution is 2.30. The zero-order valence-electron chi connectivity index (χ0n) is 10.7. The van der Waals surface area contributed by atoms with Gasteiger partial charge in [0, 0.05) is 5.92 Å². The number of rotatable bonds is 1. The fourth-order valence-electron chi connectivity index (χ4n) is 1.56. The number of nitrogens with two attached hydrogens (primary N) is 3. The van der Waals surface area contributed by atoms with Gasteiger partial charge in [0.2, 0.25) is 0 Å². The van der Waals surface area contributed by atoms with Crippen molar-refractivity contribution in [3.05, 3.63) is 0 Å². The van der Waals surface area contributed by atoms with E-state index in [2.05, 4.69) is 23.3 Å². The van der Waals surface area contributed by atoms with Crippen molar-refractivity contribution in [1.82, 2.24) is 0 Å². The quantitative estimate of drug-likeness (QED) is 0.610. The molecule has 1 rings (SSSR count). The molecule has 4 nitrogen and oxygen atoms in total. The SMILES string of the molecule is CC(C#N)C1CCCC1.CN.CN.CN. The standard InChI is InChI=1S/C8H13N.3CH5N/c1-7(6-9)8-4-2-3-5-8;3*1-2/h7-8H,2-5H2,1H3;3*2H2,1H3. The first-order valence-electron chi connectivity index (χ1n) is 5.47. The summed E-state index contributed by atoms with van der Waals surface area (Å²) in [6.45, 7) is 2.04. The predicted octanol–water partition coefficient (Wildman–Crippen LogP) is 1.06. The first kappa shape index (κ1) is 19.9. The van der Waals surface area contributed by atoms with Crippen LogP contribution in [0.3, 0.4) is 0 Å². The van der Waals surface area contributed by atoms with Crippen LogP contribution < -0.4 is 17.2 Å². The third kappa shape index (κ3) is 11.3. The zero-order valence-corrected chi connectivity index (χ0v) is 10.7. The van der Waals surface area contributed by atoms with Gasteiger partial charge < -0.3 is 17.2 Å². The first-order chi connectivity index (χ1) is 7.34.